The van der Waals surface area contributed by atoms with E-state index in [9.17, 15) is 0 Å². The summed E-state index contributed by atoms with van der Waals surface area (Å²) in [4.78, 5) is 0. The third-order valence-electron chi connectivity index (χ3n) is 8.23. The number of fused-ring (bicyclic) bond motifs is 9. The molecule has 0 saturated carbocycles. The van der Waals surface area contributed by atoms with Gasteiger partial charge in [0.2, 0.25) is 0 Å². The molecule has 2 N–H and O–H groups in total. The zero-order chi connectivity index (χ0) is 27.9. The Morgan fingerprint density at radius 3 is 2.07 bits per heavy atom. The molecule has 9 aromatic rings. The number of benzene rings is 6. The number of furan rings is 3. The summed E-state index contributed by atoms with van der Waals surface area (Å²) in [7, 11) is 0. The Morgan fingerprint density at radius 2 is 1.14 bits per heavy atom. The van der Waals surface area contributed by atoms with Gasteiger partial charge in [-0.15, -0.1) is 0 Å². The van der Waals surface area contributed by atoms with E-state index in [-0.39, 0.29) is 0 Å². The van der Waals surface area contributed by atoms with Crippen LogP contribution >= 0.6 is 0 Å². The predicted molar refractivity (Wildman–Crippen MR) is 167 cm³/mol. The van der Waals surface area contributed by atoms with Gasteiger partial charge in [0.25, 0.3) is 0 Å². The van der Waals surface area contributed by atoms with Gasteiger partial charge < -0.3 is 0 Å². The van der Waals surface area contributed by atoms with Crippen LogP contribution in [0.15, 0.2) is 122 Å². The normalized spacial score (nSPS) is 12.2. The van der Waals surface area contributed by atoms with Crippen LogP contribution in [0.25, 0.3) is 76.9 Å². The number of aryl methyl sites for hydroxylation is 1. The minimum absolute atomic E-state index is 0.405. The average Bonchev–Trinajstić information content (AvgIpc) is 3.67. The maximum atomic E-state index is 6.37. The summed E-state index contributed by atoms with van der Waals surface area (Å²) in [5, 5.41) is 6.84. The van der Waals surface area contributed by atoms with Gasteiger partial charge in [0.1, 0.15) is 0 Å². The Kier molecular flexibility index (Phi) is 5.05. The number of nitrogen functional groups attached to an aromatic ring is 1. The van der Waals surface area contributed by atoms with E-state index < -0.39 is 21.2 Å². The van der Waals surface area contributed by atoms with Gasteiger partial charge in [-0.1, -0.05) is 12.1 Å². The first kappa shape index (κ1) is 23.9. The summed E-state index contributed by atoms with van der Waals surface area (Å²) in [5.41, 5.74) is 15.6. The van der Waals surface area contributed by atoms with Gasteiger partial charge in [0.05, 0.1) is 0 Å². The number of hydrogen-bond acceptors (Lipinski definition) is 4. The van der Waals surface area contributed by atoms with Crippen LogP contribution in [0.1, 0.15) is 5.56 Å². The summed E-state index contributed by atoms with van der Waals surface area (Å²) in [6.45, 7) is 2.18. The first-order chi connectivity index (χ1) is 20.6. The number of halogens is 1. The molecule has 5 heteroatoms. The molecule has 0 bridgehead atoms. The summed E-state index contributed by atoms with van der Waals surface area (Å²) >= 11 is -0.405. The van der Waals surface area contributed by atoms with E-state index in [1.165, 1.54) is 23.7 Å². The summed E-state index contributed by atoms with van der Waals surface area (Å²) < 4.78 is 21.3. The topological polar surface area (TPSA) is 65.4 Å². The first-order valence-corrected chi connectivity index (χ1v) is 16.0. The monoisotopic (exact) mass is 656 g/mol. The van der Waals surface area contributed by atoms with Crippen molar-refractivity contribution >= 4 is 71.5 Å². The molecule has 6 aromatic carbocycles. The number of rotatable bonds is 3. The third-order valence-corrected chi connectivity index (χ3v) is 10.8. The van der Waals surface area contributed by atoms with Crippen molar-refractivity contribution in [2.75, 3.05) is 5.73 Å². The standard InChI is InChI=1S/C37H23INO3/c1-20-25(13-15-33-37(20)29-4-2-3-5-31(29)40-33)21-6-10-28-30-17-22(8-14-32(30)41-34(28)16-21)38-23-7-11-26-27-12-9-24(39)19-36(27)42-35(26)18-23/h2-19H,39H2,1H3/q-1. The second kappa shape index (κ2) is 8.87. The molecule has 0 spiro atoms. The van der Waals surface area contributed by atoms with Crippen LogP contribution in [-0.2, 0) is 0 Å². The molecule has 4 nitrogen and oxygen atoms in total. The molecule has 202 valence electrons. The van der Waals surface area contributed by atoms with E-state index in [0.717, 1.165) is 66.0 Å². The van der Waals surface area contributed by atoms with Crippen molar-refractivity contribution in [2.45, 2.75) is 6.92 Å². The van der Waals surface area contributed by atoms with E-state index in [4.69, 9.17) is 19.0 Å². The zero-order valence-corrected chi connectivity index (χ0v) is 24.7. The quantitative estimate of drug-likeness (QED) is 0.163. The second-order valence-corrected chi connectivity index (χ2v) is 13.8. The Balaban J connectivity index is 1.09. The number of anilines is 1. The third kappa shape index (κ3) is 3.59. The number of hydrogen-bond donors (Lipinski definition) is 1. The number of para-hydroxylation sites is 1. The van der Waals surface area contributed by atoms with Crippen molar-refractivity contribution in [1.82, 2.24) is 0 Å². The molecular weight excluding hydrogens is 633 g/mol. The predicted octanol–water partition coefficient (Wildman–Crippen LogP) is 7.07. The van der Waals surface area contributed by atoms with Gasteiger partial charge in [-0.25, -0.2) is 0 Å². The van der Waals surface area contributed by atoms with Crippen molar-refractivity contribution in [3.05, 3.63) is 122 Å². The van der Waals surface area contributed by atoms with Crippen LogP contribution in [-0.4, -0.2) is 0 Å². The Morgan fingerprint density at radius 1 is 0.500 bits per heavy atom. The Hall–Kier alpha value is -4.75. The van der Waals surface area contributed by atoms with Gasteiger partial charge >= 0.3 is 233 Å². The van der Waals surface area contributed by atoms with Gasteiger partial charge in [-0.05, 0) is 6.07 Å². The molecule has 3 aromatic heterocycles. The van der Waals surface area contributed by atoms with Gasteiger partial charge in [-0.3, -0.25) is 0 Å². The van der Waals surface area contributed by atoms with Crippen molar-refractivity contribution < 1.29 is 34.5 Å². The fourth-order valence-electron chi connectivity index (χ4n) is 6.23. The molecule has 3 heterocycles. The van der Waals surface area contributed by atoms with Crippen LogP contribution in [0.4, 0.5) is 5.69 Å². The van der Waals surface area contributed by atoms with Crippen molar-refractivity contribution in [2.24, 2.45) is 0 Å². The molecule has 0 aliphatic carbocycles. The molecule has 42 heavy (non-hydrogen) atoms. The summed E-state index contributed by atoms with van der Waals surface area (Å²) in [6, 6.07) is 38.1. The van der Waals surface area contributed by atoms with Gasteiger partial charge in [0, 0.05) is 0 Å². The fourth-order valence-corrected chi connectivity index (χ4v) is 8.57. The molecule has 0 radical (unpaired) electrons. The zero-order valence-electron chi connectivity index (χ0n) is 22.6. The van der Waals surface area contributed by atoms with Crippen molar-refractivity contribution in [1.29, 1.82) is 0 Å². The molecule has 0 fully saturated rings. The maximum absolute atomic E-state index is 6.37. The second-order valence-electron chi connectivity index (χ2n) is 10.8. The molecule has 0 aliphatic rings. The summed E-state index contributed by atoms with van der Waals surface area (Å²) in [6.07, 6.45) is 0. The van der Waals surface area contributed by atoms with E-state index in [0.29, 0.717) is 5.69 Å². The van der Waals surface area contributed by atoms with E-state index in [2.05, 4.69) is 85.8 Å². The van der Waals surface area contributed by atoms with Gasteiger partial charge in [0.15, 0.2) is 0 Å². The molecular formula is C37H23INO3-. The molecule has 0 aliphatic heterocycles. The minimum atomic E-state index is -0.405. The molecule has 0 unspecified atom stereocenters. The van der Waals surface area contributed by atoms with Gasteiger partial charge in [-0.2, -0.15) is 0 Å². The van der Waals surface area contributed by atoms with Crippen molar-refractivity contribution in [3.63, 3.8) is 0 Å². The molecule has 0 amide bonds. The molecule has 9 rings (SSSR count). The fraction of sp³-hybridized carbons (Fsp3) is 0.0270. The van der Waals surface area contributed by atoms with Crippen LogP contribution in [0.5, 0.6) is 0 Å². The molecule has 0 saturated heterocycles. The van der Waals surface area contributed by atoms with E-state index >= 15 is 0 Å². The van der Waals surface area contributed by atoms with Crippen LogP contribution in [0, 0.1) is 14.1 Å². The average molecular weight is 656 g/mol. The first-order valence-electron chi connectivity index (χ1n) is 13.8. The Labute approximate surface area is 250 Å². The van der Waals surface area contributed by atoms with Crippen LogP contribution in [0.3, 0.4) is 0 Å². The van der Waals surface area contributed by atoms with E-state index in [1.54, 1.807) is 0 Å². The Bertz CT molecular complexity index is 2530. The van der Waals surface area contributed by atoms with Crippen molar-refractivity contribution in [3.8, 4) is 11.1 Å². The SMILES string of the molecule is Cc1c(-c2ccc3c(c2)oc2ccc([I-]c4ccc5c(c4)oc4cc(N)ccc45)cc23)ccc2oc3ccccc3c12. The molecule has 0 atom stereocenters. The summed E-state index contributed by atoms with van der Waals surface area (Å²) in [5.74, 6) is 0. The van der Waals surface area contributed by atoms with Crippen LogP contribution in [0.2, 0.25) is 0 Å². The van der Waals surface area contributed by atoms with E-state index in [1.807, 2.05) is 30.3 Å². The number of nitrogens with two attached hydrogens (primary N) is 1. The van der Waals surface area contributed by atoms with Crippen LogP contribution < -0.4 is 26.9 Å².